The van der Waals surface area contributed by atoms with Crippen molar-refractivity contribution in [2.45, 2.75) is 31.6 Å². The number of amides is 1. The first kappa shape index (κ1) is 21.7. The van der Waals surface area contributed by atoms with Crippen molar-refractivity contribution >= 4 is 26.6 Å². The van der Waals surface area contributed by atoms with Crippen molar-refractivity contribution < 1.29 is 18.4 Å². The molecule has 0 aliphatic heterocycles. The maximum atomic E-state index is 12.6. The van der Waals surface area contributed by atoms with E-state index in [1.807, 2.05) is 31.2 Å². The summed E-state index contributed by atoms with van der Waals surface area (Å²) in [6.07, 6.45) is 4.09. The molecule has 2 N–H and O–H groups in total. The van der Waals surface area contributed by atoms with Crippen LogP contribution in [0.2, 0.25) is 0 Å². The molecule has 158 valence electrons. The van der Waals surface area contributed by atoms with Crippen LogP contribution in [0.4, 0.5) is 0 Å². The molecule has 0 fully saturated rings. The zero-order valence-corrected chi connectivity index (χ0v) is 17.7. The normalized spacial score (nSPS) is 13.7. The minimum absolute atomic E-state index is 0.00530. The second kappa shape index (κ2) is 8.00. The third kappa shape index (κ3) is 4.12. The molecule has 1 unspecified atom stereocenters. The molecule has 0 aliphatic carbocycles. The van der Waals surface area contributed by atoms with Crippen LogP contribution in [-0.2, 0) is 21.2 Å². The van der Waals surface area contributed by atoms with Gasteiger partial charge in [-0.2, -0.15) is 0 Å². The lowest BCUT2D eigenvalue weighted by atomic mass is 10.0. The molecule has 0 bridgehead atoms. The van der Waals surface area contributed by atoms with Crippen molar-refractivity contribution in [1.82, 2.24) is 15.0 Å². The summed E-state index contributed by atoms with van der Waals surface area (Å²) in [5.41, 5.74) is 4.50. The van der Waals surface area contributed by atoms with E-state index in [-0.39, 0.29) is 18.5 Å². The van der Waals surface area contributed by atoms with Crippen LogP contribution in [0.5, 0.6) is 0 Å². The topological polar surface area (TPSA) is 118 Å². The summed E-state index contributed by atoms with van der Waals surface area (Å²) in [6, 6.07) is 11.0. The average molecular weight is 429 g/mol. The molecule has 0 saturated carbocycles. The molecule has 1 aromatic carbocycles. The van der Waals surface area contributed by atoms with Crippen LogP contribution >= 0.6 is 0 Å². The molecular weight excluding hydrogens is 406 g/mol. The Labute approximate surface area is 174 Å². The highest BCUT2D eigenvalue weighted by Crippen LogP contribution is 2.24. The van der Waals surface area contributed by atoms with E-state index in [0.29, 0.717) is 5.56 Å². The Hall–Kier alpha value is -3.04. The zero-order valence-electron chi connectivity index (χ0n) is 16.9. The van der Waals surface area contributed by atoms with Gasteiger partial charge in [0.1, 0.15) is 0 Å². The highest BCUT2D eigenvalue weighted by Gasteiger charge is 2.43. The summed E-state index contributed by atoms with van der Waals surface area (Å²) in [7, 11) is -3.83. The number of pyridine rings is 2. The standard InChI is InChI=1S/C21H23N3O5S/c1-14-10-17-5-4-15(11-18(17)22-13-14)16-6-8-24(19(25)12-16)9-7-21(2,20(26)23-27)30(3,28)29/h4-6,8,10-13,27H,7,9H2,1-3H3,(H,23,26). The smallest absolute Gasteiger partial charge is 0.264 e. The number of nitrogens with one attached hydrogen (secondary N) is 1. The maximum Gasteiger partial charge on any atom is 0.264 e. The second-order valence-electron chi connectivity index (χ2n) is 7.56. The first-order valence-electron chi connectivity index (χ1n) is 9.26. The van der Waals surface area contributed by atoms with E-state index < -0.39 is 20.5 Å². The van der Waals surface area contributed by atoms with E-state index in [9.17, 15) is 18.0 Å². The average Bonchev–Trinajstić information content (AvgIpc) is 2.70. The Kier molecular flexibility index (Phi) is 5.78. The van der Waals surface area contributed by atoms with Crippen molar-refractivity contribution in [1.29, 1.82) is 0 Å². The van der Waals surface area contributed by atoms with Crippen LogP contribution < -0.4 is 11.0 Å². The fourth-order valence-electron chi connectivity index (χ4n) is 3.20. The molecule has 0 spiro atoms. The second-order valence-corrected chi connectivity index (χ2v) is 10.0. The number of hydrogen-bond donors (Lipinski definition) is 2. The fraction of sp³-hybridized carbons (Fsp3) is 0.286. The van der Waals surface area contributed by atoms with Gasteiger partial charge in [-0.15, -0.1) is 0 Å². The number of carbonyl (C=O) groups excluding carboxylic acids is 1. The van der Waals surface area contributed by atoms with E-state index in [4.69, 9.17) is 5.21 Å². The first-order valence-corrected chi connectivity index (χ1v) is 11.2. The summed E-state index contributed by atoms with van der Waals surface area (Å²) in [4.78, 5) is 28.9. The van der Waals surface area contributed by atoms with E-state index in [0.717, 1.165) is 28.3 Å². The van der Waals surface area contributed by atoms with Crippen LogP contribution in [-0.4, -0.2) is 40.1 Å². The lowest BCUT2D eigenvalue weighted by Gasteiger charge is -2.25. The number of hydrogen-bond acceptors (Lipinski definition) is 6. The summed E-state index contributed by atoms with van der Waals surface area (Å²) < 4.78 is 23.6. The molecular formula is C21H23N3O5S. The number of benzene rings is 1. The molecule has 0 radical (unpaired) electrons. The van der Waals surface area contributed by atoms with Crippen LogP contribution in [0.3, 0.4) is 0 Å². The van der Waals surface area contributed by atoms with Gasteiger partial charge in [-0.1, -0.05) is 12.1 Å². The summed E-state index contributed by atoms with van der Waals surface area (Å²) in [6.45, 7) is 3.19. The Morgan fingerprint density at radius 3 is 2.53 bits per heavy atom. The van der Waals surface area contributed by atoms with Gasteiger partial charge in [0.05, 0.1) is 5.52 Å². The third-order valence-corrected chi connectivity index (χ3v) is 7.41. The fourth-order valence-corrected chi connectivity index (χ4v) is 4.05. The van der Waals surface area contributed by atoms with E-state index in [2.05, 4.69) is 4.98 Å². The van der Waals surface area contributed by atoms with Gasteiger partial charge in [0.15, 0.2) is 14.6 Å². The van der Waals surface area contributed by atoms with Crippen LogP contribution in [0.15, 0.2) is 53.6 Å². The maximum absolute atomic E-state index is 12.6. The zero-order chi connectivity index (χ0) is 22.1. The highest BCUT2D eigenvalue weighted by atomic mass is 32.2. The van der Waals surface area contributed by atoms with Crippen molar-refractivity contribution in [2.75, 3.05) is 6.26 Å². The molecule has 9 heteroatoms. The van der Waals surface area contributed by atoms with Crippen molar-refractivity contribution in [3.63, 3.8) is 0 Å². The number of carbonyl (C=O) groups is 1. The molecule has 3 aromatic rings. The van der Waals surface area contributed by atoms with Crippen molar-refractivity contribution in [3.05, 3.63) is 64.7 Å². The number of rotatable bonds is 6. The molecule has 3 rings (SSSR count). The number of aryl methyl sites for hydroxylation is 2. The molecule has 0 saturated heterocycles. The Morgan fingerprint density at radius 1 is 1.20 bits per heavy atom. The Morgan fingerprint density at radius 2 is 1.90 bits per heavy atom. The molecule has 0 aliphatic rings. The molecule has 1 atom stereocenters. The number of fused-ring (bicyclic) bond motifs is 1. The first-order chi connectivity index (χ1) is 14.0. The highest BCUT2D eigenvalue weighted by molar-refractivity contribution is 7.92. The predicted molar refractivity (Wildman–Crippen MR) is 114 cm³/mol. The number of nitrogens with zero attached hydrogens (tertiary/aromatic N) is 2. The molecule has 1 amide bonds. The minimum atomic E-state index is -3.83. The van der Waals surface area contributed by atoms with Gasteiger partial charge in [-0.3, -0.25) is 19.8 Å². The van der Waals surface area contributed by atoms with Crippen molar-refractivity contribution in [3.8, 4) is 11.1 Å². The molecule has 30 heavy (non-hydrogen) atoms. The quantitative estimate of drug-likeness (QED) is 0.457. The van der Waals surface area contributed by atoms with Gasteiger partial charge >= 0.3 is 0 Å². The van der Waals surface area contributed by atoms with Crippen LogP contribution in [0, 0.1) is 6.92 Å². The van der Waals surface area contributed by atoms with Crippen molar-refractivity contribution in [2.24, 2.45) is 0 Å². The van der Waals surface area contributed by atoms with Gasteiger partial charge < -0.3 is 4.57 Å². The van der Waals surface area contributed by atoms with Crippen LogP contribution in [0.25, 0.3) is 22.0 Å². The van der Waals surface area contributed by atoms with Crippen LogP contribution in [0.1, 0.15) is 18.9 Å². The number of hydroxylamine groups is 1. The van der Waals surface area contributed by atoms with Gasteiger partial charge in [0, 0.05) is 36.6 Å². The van der Waals surface area contributed by atoms with Gasteiger partial charge in [-0.05, 0) is 55.2 Å². The molecule has 2 heterocycles. The largest absolute Gasteiger partial charge is 0.315 e. The lowest BCUT2D eigenvalue weighted by Crippen LogP contribution is -2.49. The third-order valence-electron chi connectivity index (χ3n) is 5.38. The van der Waals surface area contributed by atoms with Gasteiger partial charge in [-0.25, -0.2) is 13.9 Å². The van der Waals surface area contributed by atoms with E-state index >= 15 is 0 Å². The molecule has 8 nitrogen and oxygen atoms in total. The lowest BCUT2D eigenvalue weighted by molar-refractivity contribution is -0.131. The van der Waals surface area contributed by atoms with E-state index in [1.165, 1.54) is 23.0 Å². The van der Waals surface area contributed by atoms with Gasteiger partial charge in [0.2, 0.25) is 0 Å². The number of sulfone groups is 1. The summed E-state index contributed by atoms with van der Waals surface area (Å²) >= 11 is 0. The minimum Gasteiger partial charge on any atom is -0.315 e. The Bertz CT molecular complexity index is 1280. The monoisotopic (exact) mass is 429 g/mol. The summed E-state index contributed by atoms with van der Waals surface area (Å²) in [5.74, 6) is -1.03. The molecule has 2 aromatic heterocycles. The predicted octanol–water partition coefficient (Wildman–Crippen LogP) is 2.07. The SMILES string of the molecule is Cc1cnc2cc(-c3ccn(CCC(C)(C(=O)NO)S(C)(=O)=O)c(=O)c3)ccc2c1. The Balaban J connectivity index is 1.88. The summed E-state index contributed by atoms with van der Waals surface area (Å²) in [5, 5.41) is 9.91. The van der Waals surface area contributed by atoms with E-state index in [1.54, 1.807) is 18.5 Å². The van der Waals surface area contributed by atoms with Gasteiger partial charge in [0.25, 0.3) is 11.5 Å². The number of aromatic nitrogens is 2.